The van der Waals surface area contributed by atoms with Crippen LogP contribution in [0.15, 0.2) is 70.7 Å². The normalized spacial score (nSPS) is 15.2. The molecule has 2 heterocycles. The van der Waals surface area contributed by atoms with Crippen LogP contribution in [0.2, 0.25) is 5.02 Å². The molecule has 2 amide bonds. The summed E-state index contributed by atoms with van der Waals surface area (Å²) in [5.74, 6) is 0.576. The van der Waals surface area contributed by atoms with E-state index in [1.165, 1.54) is 11.1 Å². The standard InChI is InChI=1S/C21H15ClN2O4/c1-27-19-9-7-13(11-17(19)22)18-10-8-15(28-18)12-16-20(25)23-24(21(16)26)14-5-3-2-4-6-14/h2-12H,1H3,(H,23,25)/b16-12+. The SMILES string of the molecule is COc1ccc(-c2ccc(/C=C3\C(=O)NN(c4ccccc4)C3=O)o2)cc1Cl. The quantitative estimate of drug-likeness (QED) is 0.535. The molecule has 140 valence electrons. The molecule has 1 aliphatic rings. The minimum absolute atomic E-state index is 0.00230. The number of hydrazine groups is 1. The molecule has 7 heteroatoms. The first-order chi connectivity index (χ1) is 13.6. The Morgan fingerprint density at radius 3 is 2.57 bits per heavy atom. The highest BCUT2D eigenvalue weighted by Gasteiger charge is 2.34. The molecule has 1 aliphatic heterocycles. The third-order valence-corrected chi connectivity index (χ3v) is 4.55. The molecule has 0 atom stereocenters. The summed E-state index contributed by atoms with van der Waals surface area (Å²) in [5, 5.41) is 1.67. The second kappa shape index (κ2) is 7.25. The van der Waals surface area contributed by atoms with Gasteiger partial charge in [-0.25, -0.2) is 5.01 Å². The van der Waals surface area contributed by atoms with Crippen LogP contribution in [-0.4, -0.2) is 18.9 Å². The van der Waals surface area contributed by atoms with Crippen molar-refractivity contribution < 1.29 is 18.7 Å². The fourth-order valence-corrected chi connectivity index (χ4v) is 3.12. The molecule has 4 rings (SSSR count). The molecule has 1 fully saturated rings. The lowest BCUT2D eigenvalue weighted by Crippen LogP contribution is -2.35. The number of rotatable bonds is 4. The highest BCUT2D eigenvalue weighted by Crippen LogP contribution is 2.31. The number of ether oxygens (including phenoxy) is 1. The van der Waals surface area contributed by atoms with E-state index in [4.69, 9.17) is 20.8 Å². The maximum Gasteiger partial charge on any atom is 0.282 e. The molecule has 0 radical (unpaired) electrons. The molecular weight excluding hydrogens is 380 g/mol. The van der Waals surface area contributed by atoms with Crippen molar-refractivity contribution in [2.45, 2.75) is 0 Å². The molecule has 6 nitrogen and oxygen atoms in total. The number of nitrogens with one attached hydrogen (secondary N) is 1. The Kier molecular flexibility index (Phi) is 4.63. The molecule has 1 saturated heterocycles. The van der Waals surface area contributed by atoms with Crippen molar-refractivity contribution in [3.05, 3.63) is 77.0 Å². The topological polar surface area (TPSA) is 71.8 Å². The van der Waals surface area contributed by atoms with E-state index in [0.717, 1.165) is 5.56 Å². The third kappa shape index (κ3) is 3.25. The summed E-state index contributed by atoms with van der Waals surface area (Å²) in [6.07, 6.45) is 1.43. The van der Waals surface area contributed by atoms with Gasteiger partial charge in [0.05, 0.1) is 17.8 Å². The first-order valence-electron chi connectivity index (χ1n) is 8.43. The Balaban J connectivity index is 1.61. The molecule has 0 bridgehead atoms. The number of benzene rings is 2. The molecule has 0 saturated carbocycles. The highest BCUT2D eigenvalue weighted by atomic mass is 35.5. The molecule has 3 aromatic rings. The number of carbonyl (C=O) groups is 2. The van der Waals surface area contributed by atoms with E-state index in [1.54, 1.807) is 55.6 Å². The van der Waals surface area contributed by atoms with E-state index in [9.17, 15) is 9.59 Å². The van der Waals surface area contributed by atoms with Gasteiger partial charge >= 0.3 is 0 Å². The van der Waals surface area contributed by atoms with Crippen molar-refractivity contribution >= 4 is 35.2 Å². The second-order valence-corrected chi connectivity index (χ2v) is 6.43. The van der Waals surface area contributed by atoms with Crippen LogP contribution in [0.3, 0.4) is 0 Å². The Hall–Kier alpha value is -3.51. The van der Waals surface area contributed by atoms with E-state index in [1.807, 2.05) is 12.1 Å². The number of amides is 2. The third-order valence-electron chi connectivity index (χ3n) is 4.26. The van der Waals surface area contributed by atoms with Crippen molar-refractivity contribution in [3.63, 3.8) is 0 Å². The van der Waals surface area contributed by atoms with Crippen LogP contribution in [0.1, 0.15) is 5.76 Å². The van der Waals surface area contributed by atoms with Crippen LogP contribution in [0, 0.1) is 0 Å². The van der Waals surface area contributed by atoms with E-state index >= 15 is 0 Å². The number of methoxy groups -OCH3 is 1. The van der Waals surface area contributed by atoms with Crippen molar-refractivity contribution in [3.8, 4) is 17.1 Å². The Labute approximate surface area is 165 Å². The summed E-state index contributed by atoms with van der Waals surface area (Å²) < 4.78 is 10.9. The van der Waals surface area contributed by atoms with Crippen LogP contribution >= 0.6 is 11.6 Å². The number of hydrogen-bond acceptors (Lipinski definition) is 4. The molecule has 0 unspecified atom stereocenters. The molecular formula is C21H15ClN2O4. The first kappa shape index (κ1) is 17.9. The van der Waals surface area contributed by atoms with Gasteiger partial charge in [0.2, 0.25) is 0 Å². The van der Waals surface area contributed by atoms with Crippen molar-refractivity contribution in [1.29, 1.82) is 0 Å². The van der Waals surface area contributed by atoms with E-state index in [2.05, 4.69) is 5.43 Å². The van der Waals surface area contributed by atoms with Gasteiger partial charge in [0, 0.05) is 5.56 Å². The van der Waals surface area contributed by atoms with Crippen LogP contribution in [0.25, 0.3) is 17.4 Å². The van der Waals surface area contributed by atoms with Gasteiger partial charge in [-0.3, -0.25) is 15.0 Å². The minimum Gasteiger partial charge on any atom is -0.495 e. The molecule has 1 aromatic heterocycles. The molecule has 1 N–H and O–H groups in total. The van der Waals surface area contributed by atoms with Crippen molar-refractivity contribution in [1.82, 2.24) is 5.43 Å². The van der Waals surface area contributed by atoms with Crippen LogP contribution < -0.4 is 15.2 Å². The number of halogens is 1. The lowest BCUT2D eigenvalue weighted by atomic mass is 10.1. The van der Waals surface area contributed by atoms with Gasteiger partial charge in [0.1, 0.15) is 22.8 Å². The second-order valence-electron chi connectivity index (χ2n) is 6.03. The predicted molar refractivity (Wildman–Crippen MR) is 106 cm³/mol. The maximum absolute atomic E-state index is 12.6. The number of para-hydroxylation sites is 1. The molecule has 0 aliphatic carbocycles. The summed E-state index contributed by atoms with van der Waals surface area (Å²) in [6.45, 7) is 0. The van der Waals surface area contributed by atoms with Gasteiger partial charge in [-0.05, 0) is 48.5 Å². The van der Waals surface area contributed by atoms with Crippen LogP contribution in [0.4, 0.5) is 5.69 Å². The highest BCUT2D eigenvalue weighted by molar-refractivity contribution is 6.32. The summed E-state index contributed by atoms with van der Waals surface area (Å²) >= 11 is 6.15. The predicted octanol–water partition coefficient (Wildman–Crippen LogP) is 4.07. The monoisotopic (exact) mass is 394 g/mol. The zero-order valence-corrected chi connectivity index (χ0v) is 15.6. The minimum atomic E-state index is -0.487. The van der Waals surface area contributed by atoms with Gasteiger partial charge in [0.25, 0.3) is 11.8 Å². The van der Waals surface area contributed by atoms with Gasteiger partial charge in [-0.2, -0.15) is 0 Å². The zero-order chi connectivity index (χ0) is 19.7. The average Bonchev–Trinajstić information content (AvgIpc) is 3.29. The Morgan fingerprint density at radius 1 is 1.07 bits per heavy atom. The Morgan fingerprint density at radius 2 is 1.86 bits per heavy atom. The number of nitrogens with zero attached hydrogens (tertiary/aromatic N) is 1. The fourth-order valence-electron chi connectivity index (χ4n) is 2.86. The van der Waals surface area contributed by atoms with E-state index in [0.29, 0.717) is 28.0 Å². The summed E-state index contributed by atoms with van der Waals surface area (Å²) in [4.78, 5) is 24.9. The summed E-state index contributed by atoms with van der Waals surface area (Å²) in [6, 6.07) is 17.6. The van der Waals surface area contributed by atoms with Gasteiger partial charge in [0.15, 0.2) is 0 Å². The zero-order valence-electron chi connectivity index (χ0n) is 14.8. The summed E-state index contributed by atoms with van der Waals surface area (Å²) in [5.41, 5.74) is 3.88. The van der Waals surface area contributed by atoms with Crippen molar-refractivity contribution in [2.75, 3.05) is 12.1 Å². The van der Waals surface area contributed by atoms with E-state index < -0.39 is 11.8 Å². The molecule has 28 heavy (non-hydrogen) atoms. The first-order valence-corrected chi connectivity index (χ1v) is 8.80. The van der Waals surface area contributed by atoms with Crippen LogP contribution in [0.5, 0.6) is 5.75 Å². The van der Waals surface area contributed by atoms with Crippen LogP contribution in [-0.2, 0) is 9.59 Å². The Bertz CT molecular complexity index is 1090. The van der Waals surface area contributed by atoms with Gasteiger partial charge in [-0.1, -0.05) is 29.8 Å². The number of carbonyl (C=O) groups excluding carboxylic acids is 2. The number of anilines is 1. The van der Waals surface area contributed by atoms with Gasteiger partial charge < -0.3 is 9.15 Å². The smallest absolute Gasteiger partial charge is 0.282 e. The van der Waals surface area contributed by atoms with Gasteiger partial charge in [-0.15, -0.1) is 0 Å². The average molecular weight is 395 g/mol. The molecule has 0 spiro atoms. The lowest BCUT2D eigenvalue weighted by Gasteiger charge is -2.13. The number of furan rings is 1. The largest absolute Gasteiger partial charge is 0.495 e. The number of hydrogen-bond donors (Lipinski definition) is 1. The fraction of sp³-hybridized carbons (Fsp3) is 0.0476. The summed E-state index contributed by atoms with van der Waals surface area (Å²) in [7, 11) is 1.54. The van der Waals surface area contributed by atoms with E-state index in [-0.39, 0.29) is 5.57 Å². The molecule has 2 aromatic carbocycles. The maximum atomic E-state index is 12.6. The van der Waals surface area contributed by atoms with Crippen molar-refractivity contribution in [2.24, 2.45) is 0 Å². The lowest BCUT2D eigenvalue weighted by molar-refractivity contribution is -0.117.